The number of aliphatic hydroxyl groups is 1. The minimum absolute atomic E-state index is 0.0847. The lowest BCUT2D eigenvalue weighted by atomic mass is 10.1. The van der Waals surface area contributed by atoms with Crippen LogP contribution >= 0.6 is 0 Å². The number of halogens is 2. The van der Waals surface area contributed by atoms with Crippen molar-refractivity contribution in [3.63, 3.8) is 0 Å². The lowest BCUT2D eigenvalue weighted by Gasteiger charge is -2.18. The molecule has 0 heterocycles. The molecule has 1 rings (SSSR count). The van der Waals surface area contributed by atoms with Crippen molar-refractivity contribution in [1.82, 2.24) is 5.32 Å². The zero-order chi connectivity index (χ0) is 13.2. The summed E-state index contributed by atoms with van der Waals surface area (Å²) < 4.78 is 26.9. The van der Waals surface area contributed by atoms with Crippen molar-refractivity contribution in [2.24, 2.45) is 0 Å². The molecule has 17 heavy (non-hydrogen) atoms. The third kappa shape index (κ3) is 3.49. The zero-order valence-corrected chi connectivity index (χ0v) is 9.97. The van der Waals surface area contributed by atoms with Crippen LogP contribution in [0.4, 0.5) is 8.78 Å². The Morgan fingerprint density at radius 1 is 1.41 bits per heavy atom. The number of benzene rings is 1. The number of amides is 1. The van der Waals surface area contributed by atoms with Gasteiger partial charge in [0.05, 0.1) is 5.60 Å². The highest BCUT2D eigenvalue weighted by atomic mass is 19.1. The van der Waals surface area contributed by atoms with Gasteiger partial charge in [-0.05, 0) is 32.4 Å². The van der Waals surface area contributed by atoms with Crippen LogP contribution in [-0.4, -0.2) is 23.2 Å². The van der Waals surface area contributed by atoms with Crippen LogP contribution < -0.4 is 5.32 Å². The minimum Gasteiger partial charge on any atom is -0.389 e. The molecule has 0 fully saturated rings. The van der Waals surface area contributed by atoms with E-state index in [0.29, 0.717) is 0 Å². The number of hydrogen-bond donors (Lipinski definition) is 2. The number of nitrogens with one attached hydrogen (secondary N) is 1. The molecule has 0 atom stereocenters. The average molecular weight is 243 g/mol. The smallest absolute Gasteiger partial charge is 0.257 e. The van der Waals surface area contributed by atoms with Crippen molar-refractivity contribution in [1.29, 1.82) is 0 Å². The molecular formula is C12H15F2NO2. The summed E-state index contributed by atoms with van der Waals surface area (Å²) in [5.41, 5.74) is -1.55. The highest BCUT2D eigenvalue weighted by molar-refractivity contribution is 5.95. The molecule has 0 aliphatic rings. The molecule has 5 heteroatoms. The van der Waals surface area contributed by atoms with Crippen LogP contribution in [0.3, 0.4) is 0 Å². The van der Waals surface area contributed by atoms with Crippen molar-refractivity contribution >= 4 is 5.91 Å². The summed E-state index contributed by atoms with van der Waals surface area (Å²) in [4.78, 5) is 11.6. The van der Waals surface area contributed by atoms with Crippen LogP contribution in [0.1, 0.15) is 29.8 Å². The predicted octanol–water partition coefficient (Wildman–Crippen LogP) is 1.77. The zero-order valence-electron chi connectivity index (χ0n) is 9.97. The fourth-order valence-electron chi connectivity index (χ4n) is 1.25. The highest BCUT2D eigenvalue weighted by Crippen LogP contribution is 2.16. The molecule has 0 spiro atoms. The second-order valence-electron chi connectivity index (χ2n) is 4.55. The number of carbonyl (C=O) groups is 1. The summed E-state index contributed by atoms with van der Waals surface area (Å²) in [5.74, 6) is -2.66. The van der Waals surface area contributed by atoms with Gasteiger partial charge in [0.15, 0.2) is 0 Å². The van der Waals surface area contributed by atoms with E-state index in [9.17, 15) is 18.7 Å². The van der Waals surface area contributed by atoms with Crippen LogP contribution in [0.15, 0.2) is 12.1 Å². The molecule has 94 valence electrons. The van der Waals surface area contributed by atoms with Crippen LogP contribution in [0.25, 0.3) is 0 Å². The Balaban J connectivity index is 2.93. The minimum atomic E-state index is -1.13. The molecule has 1 aromatic carbocycles. The second kappa shape index (κ2) is 4.79. The summed E-state index contributed by atoms with van der Waals surface area (Å²) in [5, 5.41) is 11.7. The Bertz CT molecular complexity index is 439. The van der Waals surface area contributed by atoms with E-state index in [0.717, 1.165) is 6.07 Å². The first-order valence-electron chi connectivity index (χ1n) is 5.17. The number of carbonyl (C=O) groups excluding carboxylic acids is 1. The standard InChI is InChI=1S/C12H15F2NO2/c1-7-4-5-8(13)9(10(7)14)11(16)15-6-12(2,3)17/h4-5,17H,6H2,1-3H3,(H,15,16). The Morgan fingerprint density at radius 2 is 2.00 bits per heavy atom. The third-order valence-corrected chi connectivity index (χ3v) is 2.19. The molecule has 0 saturated heterocycles. The van der Waals surface area contributed by atoms with Crippen molar-refractivity contribution in [3.05, 3.63) is 34.9 Å². The van der Waals surface area contributed by atoms with Crippen molar-refractivity contribution < 1.29 is 18.7 Å². The Labute approximate surface area is 98.5 Å². The molecule has 0 aliphatic heterocycles. The lowest BCUT2D eigenvalue weighted by molar-refractivity contribution is 0.0690. The van der Waals surface area contributed by atoms with Crippen molar-refractivity contribution in [3.8, 4) is 0 Å². The van der Waals surface area contributed by atoms with Gasteiger partial charge in [0.1, 0.15) is 17.2 Å². The molecule has 0 aliphatic carbocycles. The number of aryl methyl sites for hydroxylation is 1. The summed E-state index contributed by atoms with van der Waals surface area (Å²) >= 11 is 0. The number of rotatable bonds is 3. The van der Waals surface area contributed by atoms with E-state index >= 15 is 0 Å². The molecular weight excluding hydrogens is 228 g/mol. The van der Waals surface area contributed by atoms with Gasteiger partial charge in [-0.3, -0.25) is 4.79 Å². The van der Waals surface area contributed by atoms with Gasteiger partial charge in [0.25, 0.3) is 5.91 Å². The molecule has 0 saturated carbocycles. The molecule has 1 amide bonds. The molecule has 0 radical (unpaired) electrons. The van der Waals surface area contributed by atoms with E-state index in [1.54, 1.807) is 0 Å². The van der Waals surface area contributed by atoms with E-state index < -0.39 is 28.7 Å². The van der Waals surface area contributed by atoms with E-state index in [1.165, 1.54) is 26.8 Å². The maximum atomic E-state index is 13.6. The van der Waals surface area contributed by atoms with Gasteiger partial charge in [-0.15, -0.1) is 0 Å². The van der Waals surface area contributed by atoms with Gasteiger partial charge in [0.2, 0.25) is 0 Å². The van der Waals surface area contributed by atoms with E-state index in [2.05, 4.69) is 5.32 Å². The topological polar surface area (TPSA) is 49.3 Å². The fourth-order valence-corrected chi connectivity index (χ4v) is 1.25. The van der Waals surface area contributed by atoms with Gasteiger partial charge < -0.3 is 10.4 Å². The van der Waals surface area contributed by atoms with Gasteiger partial charge in [-0.1, -0.05) is 6.07 Å². The maximum absolute atomic E-state index is 13.6. The SMILES string of the molecule is Cc1ccc(F)c(C(=O)NCC(C)(C)O)c1F. The first kappa shape index (κ1) is 13.6. The van der Waals surface area contributed by atoms with E-state index in [-0.39, 0.29) is 12.1 Å². The van der Waals surface area contributed by atoms with Crippen molar-refractivity contribution in [2.75, 3.05) is 6.54 Å². The average Bonchev–Trinajstić information content (AvgIpc) is 2.20. The molecule has 0 unspecified atom stereocenters. The van der Waals surface area contributed by atoms with Crippen molar-refractivity contribution in [2.45, 2.75) is 26.4 Å². The van der Waals surface area contributed by atoms with Crippen LogP contribution in [0.2, 0.25) is 0 Å². The molecule has 3 nitrogen and oxygen atoms in total. The Kier molecular flexibility index (Phi) is 3.83. The van der Waals surface area contributed by atoms with Crippen LogP contribution in [0, 0.1) is 18.6 Å². The summed E-state index contributed by atoms with van der Waals surface area (Å²) in [6.07, 6.45) is 0. The summed E-state index contributed by atoms with van der Waals surface area (Å²) in [6.45, 7) is 4.33. The first-order valence-corrected chi connectivity index (χ1v) is 5.17. The van der Waals surface area contributed by atoms with Crippen LogP contribution in [0.5, 0.6) is 0 Å². The number of hydrogen-bond acceptors (Lipinski definition) is 2. The quantitative estimate of drug-likeness (QED) is 0.850. The van der Waals surface area contributed by atoms with Gasteiger partial charge in [-0.25, -0.2) is 8.78 Å². The van der Waals surface area contributed by atoms with Gasteiger partial charge in [0, 0.05) is 6.54 Å². The molecule has 0 bridgehead atoms. The molecule has 0 aromatic heterocycles. The van der Waals surface area contributed by atoms with E-state index in [1.807, 2.05) is 0 Å². The predicted molar refractivity (Wildman–Crippen MR) is 59.7 cm³/mol. The summed E-state index contributed by atoms with van der Waals surface area (Å²) in [6, 6.07) is 2.30. The maximum Gasteiger partial charge on any atom is 0.257 e. The normalized spacial score (nSPS) is 11.4. The van der Waals surface area contributed by atoms with Gasteiger partial charge in [-0.2, -0.15) is 0 Å². The summed E-state index contributed by atoms with van der Waals surface area (Å²) in [7, 11) is 0. The fraction of sp³-hybridized carbons (Fsp3) is 0.417. The Morgan fingerprint density at radius 3 is 2.53 bits per heavy atom. The largest absolute Gasteiger partial charge is 0.389 e. The molecule has 2 N–H and O–H groups in total. The third-order valence-electron chi connectivity index (χ3n) is 2.19. The highest BCUT2D eigenvalue weighted by Gasteiger charge is 2.21. The van der Waals surface area contributed by atoms with Gasteiger partial charge >= 0.3 is 0 Å². The van der Waals surface area contributed by atoms with E-state index in [4.69, 9.17) is 0 Å². The molecule has 1 aromatic rings. The Hall–Kier alpha value is -1.49. The lowest BCUT2D eigenvalue weighted by Crippen LogP contribution is -2.38. The van der Waals surface area contributed by atoms with Crippen LogP contribution in [-0.2, 0) is 0 Å². The monoisotopic (exact) mass is 243 g/mol. The second-order valence-corrected chi connectivity index (χ2v) is 4.55. The first-order chi connectivity index (χ1) is 7.72.